The van der Waals surface area contributed by atoms with E-state index in [1.165, 1.54) is 6.07 Å². The molecule has 4 nitrogen and oxygen atoms in total. The zero-order valence-electron chi connectivity index (χ0n) is 9.64. The lowest BCUT2D eigenvalue weighted by Gasteiger charge is -2.16. The van der Waals surface area contributed by atoms with E-state index in [-0.39, 0.29) is 23.3 Å². The standard InChI is InChI=1S/C12H16N2O2S/c1-2-8(7-11(13)17)14-12(16)9-5-3-4-6-10(9)15/h3-6,8,15H,2,7H2,1H3,(H2,13,17)(H,14,16). The Kier molecular flexibility index (Phi) is 4.90. The minimum Gasteiger partial charge on any atom is -0.507 e. The summed E-state index contributed by atoms with van der Waals surface area (Å²) >= 11 is 4.81. The van der Waals surface area contributed by atoms with Crippen LogP contribution in [0.3, 0.4) is 0 Å². The van der Waals surface area contributed by atoms with Crippen LogP contribution in [0.5, 0.6) is 5.75 Å². The van der Waals surface area contributed by atoms with Crippen LogP contribution >= 0.6 is 12.2 Å². The van der Waals surface area contributed by atoms with E-state index in [1.807, 2.05) is 6.92 Å². The minimum atomic E-state index is -0.314. The lowest BCUT2D eigenvalue weighted by Crippen LogP contribution is -2.37. The van der Waals surface area contributed by atoms with Gasteiger partial charge in [-0.05, 0) is 18.6 Å². The highest BCUT2D eigenvalue weighted by Crippen LogP contribution is 2.15. The number of carbonyl (C=O) groups is 1. The van der Waals surface area contributed by atoms with Crippen molar-refractivity contribution in [2.75, 3.05) is 0 Å². The summed E-state index contributed by atoms with van der Waals surface area (Å²) < 4.78 is 0. The molecule has 0 saturated heterocycles. The molecule has 4 N–H and O–H groups in total. The van der Waals surface area contributed by atoms with Crippen molar-refractivity contribution in [1.29, 1.82) is 0 Å². The maximum Gasteiger partial charge on any atom is 0.255 e. The molecule has 5 heteroatoms. The zero-order chi connectivity index (χ0) is 12.8. The molecule has 0 heterocycles. The average Bonchev–Trinajstić information content (AvgIpc) is 2.27. The molecule has 0 aliphatic carbocycles. The van der Waals surface area contributed by atoms with Crippen LogP contribution in [0.1, 0.15) is 30.1 Å². The molecule has 0 fully saturated rings. The number of benzene rings is 1. The van der Waals surface area contributed by atoms with Gasteiger partial charge in [0.2, 0.25) is 0 Å². The van der Waals surface area contributed by atoms with Crippen molar-refractivity contribution in [1.82, 2.24) is 5.32 Å². The molecule has 0 aromatic heterocycles. The molecule has 0 saturated carbocycles. The lowest BCUT2D eigenvalue weighted by atomic mass is 10.1. The van der Waals surface area contributed by atoms with E-state index in [4.69, 9.17) is 18.0 Å². The number of phenols is 1. The highest BCUT2D eigenvalue weighted by molar-refractivity contribution is 7.80. The summed E-state index contributed by atoms with van der Waals surface area (Å²) in [7, 11) is 0. The Labute approximate surface area is 106 Å². The number of thiocarbonyl (C=S) groups is 1. The summed E-state index contributed by atoms with van der Waals surface area (Å²) in [6.45, 7) is 1.94. The quantitative estimate of drug-likeness (QED) is 0.695. The maximum absolute atomic E-state index is 11.9. The predicted molar refractivity (Wildman–Crippen MR) is 71.1 cm³/mol. The van der Waals surface area contributed by atoms with Crippen molar-refractivity contribution in [3.63, 3.8) is 0 Å². The molecule has 1 rings (SSSR count). The highest BCUT2D eigenvalue weighted by Gasteiger charge is 2.15. The largest absolute Gasteiger partial charge is 0.507 e. The smallest absolute Gasteiger partial charge is 0.255 e. The van der Waals surface area contributed by atoms with Gasteiger partial charge >= 0.3 is 0 Å². The summed E-state index contributed by atoms with van der Waals surface area (Å²) in [5.41, 5.74) is 5.70. The number of nitrogens with one attached hydrogen (secondary N) is 1. The third kappa shape index (κ3) is 4.03. The van der Waals surface area contributed by atoms with Crippen molar-refractivity contribution < 1.29 is 9.90 Å². The van der Waals surface area contributed by atoms with Crippen LogP contribution in [0, 0.1) is 0 Å². The van der Waals surface area contributed by atoms with E-state index in [2.05, 4.69) is 5.32 Å². The van der Waals surface area contributed by atoms with E-state index < -0.39 is 0 Å². The molecular weight excluding hydrogens is 236 g/mol. The lowest BCUT2D eigenvalue weighted by molar-refractivity contribution is 0.0934. The number of nitrogens with two attached hydrogens (primary N) is 1. The van der Waals surface area contributed by atoms with Crippen LogP contribution in [-0.2, 0) is 0 Å². The number of rotatable bonds is 5. The molecule has 1 unspecified atom stereocenters. The number of phenolic OH excluding ortho intramolecular Hbond substituents is 1. The second kappa shape index (κ2) is 6.20. The van der Waals surface area contributed by atoms with Crippen LogP contribution in [0.15, 0.2) is 24.3 Å². The molecule has 1 aromatic rings. The minimum absolute atomic E-state index is 0.0322. The van der Waals surface area contributed by atoms with Crippen LogP contribution in [0.2, 0.25) is 0 Å². The van der Waals surface area contributed by atoms with E-state index in [1.54, 1.807) is 18.2 Å². The average molecular weight is 252 g/mol. The first-order valence-electron chi connectivity index (χ1n) is 5.41. The second-order valence-electron chi connectivity index (χ2n) is 3.77. The Bertz CT molecular complexity index is 421. The number of hydrogen-bond acceptors (Lipinski definition) is 3. The van der Waals surface area contributed by atoms with Crippen molar-refractivity contribution in [3.05, 3.63) is 29.8 Å². The molecule has 0 aliphatic rings. The van der Waals surface area contributed by atoms with Crippen molar-refractivity contribution in [2.45, 2.75) is 25.8 Å². The molecule has 0 spiro atoms. The first-order valence-corrected chi connectivity index (χ1v) is 5.82. The van der Waals surface area contributed by atoms with E-state index >= 15 is 0 Å². The third-order valence-electron chi connectivity index (χ3n) is 2.42. The Hall–Kier alpha value is -1.62. The summed E-state index contributed by atoms with van der Waals surface area (Å²) in [5.74, 6) is -0.346. The number of carbonyl (C=O) groups excluding carboxylic acids is 1. The van der Waals surface area contributed by atoms with Gasteiger partial charge in [-0.15, -0.1) is 0 Å². The number of aromatic hydroxyl groups is 1. The van der Waals surface area contributed by atoms with Gasteiger partial charge in [-0.2, -0.15) is 0 Å². The second-order valence-corrected chi connectivity index (χ2v) is 4.29. The number of amides is 1. The van der Waals surface area contributed by atoms with Gasteiger partial charge in [0.05, 0.1) is 10.6 Å². The summed E-state index contributed by atoms with van der Waals surface area (Å²) in [4.78, 5) is 12.2. The fourth-order valence-electron chi connectivity index (χ4n) is 1.47. The topological polar surface area (TPSA) is 75.3 Å². The van der Waals surface area contributed by atoms with Gasteiger partial charge in [-0.25, -0.2) is 0 Å². The van der Waals surface area contributed by atoms with Gasteiger partial charge < -0.3 is 16.2 Å². The first kappa shape index (κ1) is 13.4. The molecule has 1 amide bonds. The molecule has 0 bridgehead atoms. The van der Waals surface area contributed by atoms with Crippen molar-refractivity contribution >= 4 is 23.1 Å². The van der Waals surface area contributed by atoms with Crippen LogP contribution in [0.25, 0.3) is 0 Å². The SMILES string of the molecule is CCC(CC(N)=S)NC(=O)c1ccccc1O. The molecule has 0 aliphatic heterocycles. The van der Waals surface area contributed by atoms with Crippen LogP contribution < -0.4 is 11.1 Å². The molecule has 17 heavy (non-hydrogen) atoms. The Balaban J connectivity index is 2.71. The highest BCUT2D eigenvalue weighted by atomic mass is 32.1. The van der Waals surface area contributed by atoms with Gasteiger partial charge in [0.25, 0.3) is 5.91 Å². The number of hydrogen-bond donors (Lipinski definition) is 3. The molecule has 0 radical (unpaired) electrons. The fourth-order valence-corrected chi connectivity index (χ4v) is 1.67. The zero-order valence-corrected chi connectivity index (χ0v) is 10.5. The van der Waals surface area contributed by atoms with E-state index in [0.717, 1.165) is 6.42 Å². The number of para-hydroxylation sites is 1. The summed E-state index contributed by atoms with van der Waals surface area (Å²) in [6, 6.07) is 6.31. The van der Waals surface area contributed by atoms with Crippen LogP contribution in [-0.4, -0.2) is 22.0 Å². The molecule has 1 aromatic carbocycles. The summed E-state index contributed by atoms with van der Waals surface area (Å²) in [5, 5.41) is 12.3. The molecular formula is C12H16N2O2S. The van der Waals surface area contributed by atoms with E-state index in [0.29, 0.717) is 11.4 Å². The van der Waals surface area contributed by atoms with Gasteiger partial charge in [0, 0.05) is 12.5 Å². The maximum atomic E-state index is 11.9. The normalized spacial score (nSPS) is 11.8. The van der Waals surface area contributed by atoms with Gasteiger partial charge in [0.15, 0.2) is 0 Å². The first-order chi connectivity index (χ1) is 8.04. The monoisotopic (exact) mass is 252 g/mol. The van der Waals surface area contributed by atoms with Crippen molar-refractivity contribution in [2.24, 2.45) is 5.73 Å². The summed E-state index contributed by atoms with van der Waals surface area (Å²) in [6.07, 6.45) is 1.20. The Morgan fingerprint density at radius 3 is 2.71 bits per heavy atom. The molecule has 1 atom stereocenters. The predicted octanol–water partition coefficient (Wildman–Crippen LogP) is 1.58. The van der Waals surface area contributed by atoms with E-state index in [9.17, 15) is 9.90 Å². The Morgan fingerprint density at radius 1 is 1.53 bits per heavy atom. The van der Waals surface area contributed by atoms with Gasteiger partial charge in [0.1, 0.15) is 5.75 Å². The van der Waals surface area contributed by atoms with Crippen molar-refractivity contribution in [3.8, 4) is 5.75 Å². The molecule has 92 valence electrons. The van der Waals surface area contributed by atoms with Gasteiger partial charge in [-0.1, -0.05) is 31.3 Å². The third-order valence-corrected chi connectivity index (χ3v) is 2.59. The van der Waals surface area contributed by atoms with Gasteiger partial charge in [-0.3, -0.25) is 4.79 Å². The Morgan fingerprint density at radius 2 is 2.18 bits per heavy atom. The fraction of sp³-hybridized carbons (Fsp3) is 0.333. The van der Waals surface area contributed by atoms with Crippen LogP contribution in [0.4, 0.5) is 0 Å².